The van der Waals surface area contributed by atoms with Gasteiger partial charge in [-0.3, -0.25) is 14.4 Å². The van der Waals surface area contributed by atoms with Gasteiger partial charge in [0, 0.05) is 13.0 Å². The molecule has 0 spiro atoms. The number of para-hydroxylation sites is 1. The van der Waals surface area contributed by atoms with Crippen molar-refractivity contribution in [2.24, 2.45) is 0 Å². The summed E-state index contributed by atoms with van der Waals surface area (Å²) in [6.07, 6.45) is 0.104. The summed E-state index contributed by atoms with van der Waals surface area (Å²) in [4.78, 5) is 35.1. The second-order valence-electron chi connectivity index (χ2n) is 3.87. The number of benzene rings is 1. The van der Waals surface area contributed by atoms with Gasteiger partial charge in [0.25, 0.3) is 11.7 Å². The summed E-state index contributed by atoms with van der Waals surface area (Å²) >= 11 is 0. The van der Waals surface area contributed by atoms with Crippen LogP contribution < -0.4 is 4.90 Å². The zero-order valence-corrected chi connectivity index (χ0v) is 9.20. The van der Waals surface area contributed by atoms with Crippen molar-refractivity contribution in [3.05, 3.63) is 29.6 Å². The molecule has 0 radical (unpaired) electrons. The molecule has 0 N–H and O–H groups in total. The van der Waals surface area contributed by atoms with Crippen molar-refractivity contribution in [3.8, 4) is 0 Å². The Labute approximate surface area is 97.0 Å². The molecule has 88 valence electrons. The number of fused-ring (bicyclic) bond motifs is 1. The predicted molar refractivity (Wildman–Crippen MR) is 58.4 cm³/mol. The Hall–Kier alpha value is -2.04. The number of ketones is 2. The van der Waals surface area contributed by atoms with Crippen LogP contribution in [0.5, 0.6) is 0 Å². The first-order chi connectivity index (χ1) is 8.02. The Morgan fingerprint density at radius 2 is 2.06 bits per heavy atom. The highest BCUT2D eigenvalue weighted by Gasteiger charge is 2.37. The topological polar surface area (TPSA) is 54.5 Å². The number of hydrogen-bond donors (Lipinski definition) is 0. The molecule has 17 heavy (non-hydrogen) atoms. The Kier molecular flexibility index (Phi) is 2.75. The van der Waals surface area contributed by atoms with Crippen molar-refractivity contribution < 1.29 is 18.8 Å². The molecule has 0 unspecified atom stereocenters. The van der Waals surface area contributed by atoms with Crippen LogP contribution in [0.25, 0.3) is 0 Å². The average molecular weight is 235 g/mol. The maximum absolute atomic E-state index is 13.6. The largest absolute Gasteiger partial charge is 0.302 e. The van der Waals surface area contributed by atoms with E-state index in [1.807, 2.05) is 0 Å². The maximum Gasteiger partial charge on any atom is 0.299 e. The zero-order chi connectivity index (χ0) is 12.6. The highest BCUT2D eigenvalue weighted by Crippen LogP contribution is 2.31. The standard InChI is InChI=1S/C12H10FNO3/c1-7(15)5-6-14-10-8(11(16)12(14)17)3-2-4-9(10)13/h2-4H,5-6H2,1H3. The van der Waals surface area contributed by atoms with Gasteiger partial charge >= 0.3 is 0 Å². The highest BCUT2D eigenvalue weighted by molar-refractivity contribution is 6.52. The fraction of sp³-hybridized carbons (Fsp3) is 0.250. The summed E-state index contributed by atoms with van der Waals surface area (Å²) in [5.41, 5.74) is 0.0577. The van der Waals surface area contributed by atoms with Crippen LogP contribution in [0, 0.1) is 5.82 Å². The molecule has 1 aliphatic heterocycles. The third kappa shape index (κ3) is 1.84. The number of carbonyl (C=O) groups excluding carboxylic acids is 3. The van der Waals surface area contributed by atoms with E-state index in [-0.39, 0.29) is 30.0 Å². The first kappa shape index (κ1) is 11.4. The van der Waals surface area contributed by atoms with Crippen molar-refractivity contribution in [1.82, 2.24) is 0 Å². The number of Topliss-reactive ketones (excluding diaryl/α,β-unsaturated/α-hetero) is 2. The minimum atomic E-state index is -0.772. The SMILES string of the molecule is CC(=O)CCN1C(=O)C(=O)c2cccc(F)c21. The van der Waals surface area contributed by atoms with Gasteiger partial charge in [0.2, 0.25) is 0 Å². The number of anilines is 1. The Morgan fingerprint density at radius 3 is 2.71 bits per heavy atom. The predicted octanol–water partition coefficient (Wildman–Crippen LogP) is 1.33. The molecule has 4 nitrogen and oxygen atoms in total. The fourth-order valence-electron chi connectivity index (χ4n) is 1.79. The first-order valence-corrected chi connectivity index (χ1v) is 5.16. The Morgan fingerprint density at radius 1 is 1.35 bits per heavy atom. The highest BCUT2D eigenvalue weighted by atomic mass is 19.1. The molecule has 0 aromatic heterocycles. The lowest BCUT2D eigenvalue weighted by atomic mass is 10.1. The smallest absolute Gasteiger partial charge is 0.299 e. The average Bonchev–Trinajstić information content (AvgIpc) is 2.52. The van der Waals surface area contributed by atoms with Crippen LogP contribution >= 0.6 is 0 Å². The number of halogens is 1. The third-order valence-corrected chi connectivity index (χ3v) is 2.63. The van der Waals surface area contributed by atoms with Crippen LogP contribution in [0.4, 0.5) is 10.1 Å². The van der Waals surface area contributed by atoms with Crippen LogP contribution in [0.1, 0.15) is 23.7 Å². The molecule has 0 aliphatic carbocycles. The van der Waals surface area contributed by atoms with E-state index in [1.165, 1.54) is 25.1 Å². The summed E-state index contributed by atoms with van der Waals surface area (Å²) in [6, 6.07) is 3.98. The summed E-state index contributed by atoms with van der Waals surface area (Å²) in [5, 5.41) is 0. The van der Waals surface area contributed by atoms with Crippen LogP contribution in [-0.2, 0) is 9.59 Å². The molecule has 0 saturated heterocycles. The van der Waals surface area contributed by atoms with Gasteiger partial charge in [-0.2, -0.15) is 0 Å². The summed E-state index contributed by atoms with van der Waals surface area (Å²) in [7, 11) is 0. The Bertz CT molecular complexity index is 524. The van der Waals surface area contributed by atoms with Gasteiger partial charge in [-0.25, -0.2) is 4.39 Å². The number of nitrogens with zero attached hydrogens (tertiary/aromatic N) is 1. The zero-order valence-electron chi connectivity index (χ0n) is 9.20. The van der Waals surface area contributed by atoms with Crippen molar-refractivity contribution in [2.45, 2.75) is 13.3 Å². The van der Waals surface area contributed by atoms with E-state index in [0.29, 0.717) is 0 Å². The maximum atomic E-state index is 13.6. The molecule has 0 fully saturated rings. The molecule has 1 amide bonds. The van der Waals surface area contributed by atoms with E-state index in [1.54, 1.807) is 0 Å². The van der Waals surface area contributed by atoms with Crippen LogP contribution in [-0.4, -0.2) is 24.0 Å². The van der Waals surface area contributed by atoms with Crippen molar-refractivity contribution >= 4 is 23.2 Å². The monoisotopic (exact) mass is 235 g/mol. The van der Waals surface area contributed by atoms with Crippen LogP contribution in [0.2, 0.25) is 0 Å². The van der Waals surface area contributed by atoms with Crippen LogP contribution in [0.3, 0.4) is 0 Å². The van der Waals surface area contributed by atoms with E-state index in [2.05, 4.69) is 0 Å². The van der Waals surface area contributed by atoms with E-state index in [9.17, 15) is 18.8 Å². The third-order valence-electron chi connectivity index (χ3n) is 2.63. The molecule has 1 aromatic rings. The lowest BCUT2D eigenvalue weighted by Crippen LogP contribution is -2.31. The normalized spacial score (nSPS) is 14.1. The van der Waals surface area contributed by atoms with Gasteiger partial charge < -0.3 is 4.90 Å². The van der Waals surface area contributed by atoms with Crippen molar-refractivity contribution in [3.63, 3.8) is 0 Å². The van der Waals surface area contributed by atoms with Gasteiger partial charge in [-0.05, 0) is 19.1 Å². The molecule has 0 atom stereocenters. The van der Waals surface area contributed by atoms with Crippen LogP contribution in [0.15, 0.2) is 18.2 Å². The molecule has 1 aliphatic rings. The van der Waals surface area contributed by atoms with E-state index in [0.717, 1.165) is 4.90 Å². The fourth-order valence-corrected chi connectivity index (χ4v) is 1.79. The first-order valence-electron chi connectivity index (χ1n) is 5.16. The molecular weight excluding hydrogens is 225 g/mol. The molecule has 0 saturated carbocycles. The van der Waals surface area contributed by atoms with Gasteiger partial charge in [0.05, 0.1) is 11.3 Å². The number of rotatable bonds is 3. The van der Waals surface area contributed by atoms with E-state index < -0.39 is 17.5 Å². The summed E-state index contributed by atoms with van der Waals surface area (Å²) in [5.74, 6) is -2.23. The van der Waals surface area contributed by atoms with E-state index >= 15 is 0 Å². The minimum Gasteiger partial charge on any atom is -0.302 e. The second-order valence-corrected chi connectivity index (χ2v) is 3.87. The summed E-state index contributed by atoms with van der Waals surface area (Å²) in [6.45, 7) is 1.42. The number of amides is 1. The number of carbonyl (C=O) groups is 3. The lowest BCUT2D eigenvalue weighted by molar-refractivity contribution is -0.117. The van der Waals surface area contributed by atoms with E-state index in [4.69, 9.17) is 0 Å². The Balaban J connectivity index is 2.40. The second kappa shape index (κ2) is 4.08. The van der Waals surface area contributed by atoms with Gasteiger partial charge in [0.15, 0.2) is 0 Å². The quantitative estimate of drug-likeness (QED) is 0.743. The van der Waals surface area contributed by atoms with Gasteiger partial charge in [-0.1, -0.05) is 6.07 Å². The minimum absolute atomic E-state index is 0.0104. The van der Waals surface area contributed by atoms with Crippen molar-refractivity contribution in [2.75, 3.05) is 11.4 Å². The van der Waals surface area contributed by atoms with Crippen molar-refractivity contribution in [1.29, 1.82) is 0 Å². The molecule has 2 rings (SSSR count). The summed E-state index contributed by atoms with van der Waals surface area (Å²) < 4.78 is 13.6. The molecule has 1 aromatic carbocycles. The molecule has 1 heterocycles. The molecule has 5 heteroatoms. The molecule has 0 bridgehead atoms. The lowest BCUT2D eigenvalue weighted by Gasteiger charge is -2.15. The van der Waals surface area contributed by atoms with Gasteiger partial charge in [-0.15, -0.1) is 0 Å². The molecular formula is C12H10FNO3. The van der Waals surface area contributed by atoms with Gasteiger partial charge in [0.1, 0.15) is 11.6 Å². The number of hydrogen-bond acceptors (Lipinski definition) is 3.